The molecule has 1 atom stereocenters. The number of para-hydroxylation sites is 1. The number of carbonyl (C=O) groups excluding carboxylic acids is 1. The van der Waals surface area contributed by atoms with Gasteiger partial charge in [0.25, 0.3) is 11.5 Å². The van der Waals surface area contributed by atoms with E-state index in [2.05, 4.69) is 5.32 Å². The number of ether oxygens (including phenoxy) is 1. The number of carbonyl (C=O) groups is 1. The fourth-order valence-electron chi connectivity index (χ4n) is 2.76. The molecule has 8 heteroatoms. The lowest BCUT2D eigenvalue weighted by Crippen LogP contribution is -2.32. The Morgan fingerprint density at radius 3 is 2.46 bits per heavy atom. The lowest BCUT2D eigenvalue weighted by molar-refractivity contribution is -0.122. The first-order valence-corrected chi connectivity index (χ1v) is 9.32. The third-order valence-corrected chi connectivity index (χ3v) is 5.19. The second-order valence-electron chi connectivity index (χ2n) is 6.24. The number of aromatic nitrogens is 2. The van der Waals surface area contributed by atoms with Gasteiger partial charge in [0.2, 0.25) is 0 Å². The van der Waals surface area contributed by atoms with Crippen LogP contribution in [0.25, 0.3) is 5.69 Å². The number of rotatable bonds is 5. The van der Waals surface area contributed by atoms with Crippen LogP contribution in [0.4, 0.5) is 5.69 Å². The van der Waals surface area contributed by atoms with Crippen molar-refractivity contribution in [2.45, 2.75) is 20.0 Å². The Kier molecular flexibility index (Phi) is 5.82. The standard InChI is InChI=1S/C20H19Cl2N3O3/c1-12-18(20(27)25(24(12)3)14-8-5-4-6-9-14)23-19(26)13(2)28-16-11-7-10-15(21)17(16)22/h4-11,13H,1-3H3,(H,23,26)/t13-/m1/s1. The van der Waals surface area contributed by atoms with Crippen molar-refractivity contribution in [3.8, 4) is 11.4 Å². The van der Waals surface area contributed by atoms with Crippen LogP contribution in [0.3, 0.4) is 0 Å². The molecule has 1 amide bonds. The van der Waals surface area contributed by atoms with Gasteiger partial charge in [-0.1, -0.05) is 47.5 Å². The zero-order valence-corrected chi connectivity index (χ0v) is 17.1. The second kappa shape index (κ2) is 8.12. The molecular weight excluding hydrogens is 401 g/mol. The average Bonchev–Trinajstić information content (AvgIpc) is 2.89. The number of hydrogen-bond donors (Lipinski definition) is 1. The number of nitrogens with zero attached hydrogens (tertiary/aromatic N) is 2. The minimum atomic E-state index is -0.889. The van der Waals surface area contributed by atoms with Gasteiger partial charge < -0.3 is 10.1 Å². The first kappa shape index (κ1) is 20.0. The Bertz CT molecular complexity index is 1070. The molecule has 28 heavy (non-hydrogen) atoms. The molecule has 3 aromatic rings. The van der Waals surface area contributed by atoms with E-state index in [4.69, 9.17) is 27.9 Å². The topological polar surface area (TPSA) is 65.3 Å². The summed E-state index contributed by atoms with van der Waals surface area (Å²) < 4.78 is 8.79. The van der Waals surface area contributed by atoms with Gasteiger partial charge in [-0.25, -0.2) is 4.68 Å². The summed E-state index contributed by atoms with van der Waals surface area (Å²) in [4.78, 5) is 25.5. The highest BCUT2D eigenvalue weighted by atomic mass is 35.5. The maximum absolute atomic E-state index is 12.9. The van der Waals surface area contributed by atoms with Crippen LogP contribution >= 0.6 is 23.2 Å². The van der Waals surface area contributed by atoms with E-state index < -0.39 is 12.0 Å². The van der Waals surface area contributed by atoms with Crippen LogP contribution in [0.15, 0.2) is 53.3 Å². The van der Waals surface area contributed by atoms with E-state index in [1.807, 2.05) is 30.3 Å². The van der Waals surface area contributed by atoms with E-state index >= 15 is 0 Å². The van der Waals surface area contributed by atoms with Crippen molar-refractivity contribution in [2.24, 2.45) is 7.05 Å². The zero-order valence-electron chi connectivity index (χ0n) is 15.6. The first-order chi connectivity index (χ1) is 13.3. The van der Waals surface area contributed by atoms with E-state index in [-0.39, 0.29) is 16.3 Å². The Labute approximate surface area is 172 Å². The van der Waals surface area contributed by atoms with Crippen molar-refractivity contribution >= 4 is 34.8 Å². The quantitative estimate of drug-likeness (QED) is 0.673. The number of nitrogens with one attached hydrogen (secondary N) is 1. The van der Waals surface area contributed by atoms with Crippen LogP contribution in [-0.4, -0.2) is 21.4 Å². The monoisotopic (exact) mass is 419 g/mol. The highest BCUT2D eigenvalue weighted by molar-refractivity contribution is 6.42. The van der Waals surface area contributed by atoms with Crippen molar-refractivity contribution in [3.05, 3.63) is 74.6 Å². The van der Waals surface area contributed by atoms with Crippen LogP contribution in [0.5, 0.6) is 5.75 Å². The number of halogens is 2. The smallest absolute Gasteiger partial charge is 0.295 e. The third-order valence-electron chi connectivity index (χ3n) is 4.39. The number of amides is 1. The molecular formula is C20H19Cl2N3O3. The minimum absolute atomic E-state index is 0.198. The van der Waals surface area contributed by atoms with Gasteiger partial charge in [0, 0.05) is 7.05 Å². The Hall–Kier alpha value is -2.70. The average molecular weight is 420 g/mol. The van der Waals surface area contributed by atoms with Crippen LogP contribution in [-0.2, 0) is 11.8 Å². The summed E-state index contributed by atoms with van der Waals surface area (Å²) >= 11 is 12.1. The highest BCUT2D eigenvalue weighted by Gasteiger charge is 2.22. The van der Waals surface area contributed by atoms with Crippen LogP contribution < -0.4 is 15.6 Å². The van der Waals surface area contributed by atoms with E-state index in [1.54, 1.807) is 43.8 Å². The molecule has 1 N–H and O–H groups in total. The normalized spacial score (nSPS) is 11.9. The van der Waals surface area contributed by atoms with Crippen molar-refractivity contribution in [3.63, 3.8) is 0 Å². The molecule has 1 aromatic heterocycles. The lowest BCUT2D eigenvalue weighted by Gasteiger charge is -2.15. The summed E-state index contributed by atoms with van der Waals surface area (Å²) in [5.41, 5.74) is 1.19. The fourth-order valence-corrected chi connectivity index (χ4v) is 3.09. The van der Waals surface area contributed by atoms with E-state index in [1.165, 1.54) is 4.68 Å². The van der Waals surface area contributed by atoms with Gasteiger partial charge in [0.1, 0.15) is 16.5 Å². The largest absolute Gasteiger partial charge is 0.479 e. The van der Waals surface area contributed by atoms with Gasteiger partial charge in [-0.15, -0.1) is 0 Å². The molecule has 0 aliphatic heterocycles. The van der Waals surface area contributed by atoms with E-state index in [0.717, 1.165) is 0 Å². The summed E-state index contributed by atoms with van der Waals surface area (Å²) in [6.07, 6.45) is -0.889. The van der Waals surface area contributed by atoms with Gasteiger partial charge in [0.15, 0.2) is 6.10 Å². The van der Waals surface area contributed by atoms with Crippen LogP contribution in [0.1, 0.15) is 12.6 Å². The maximum atomic E-state index is 12.9. The Morgan fingerprint density at radius 1 is 1.11 bits per heavy atom. The predicted octanol–water partition coefficient (Wildman–Crippen LogP) is 4.20. The molecule has 0 fully saturated rings. The molecule has 0 aliphatic rings. The molecule has 146 valence electrons. The molecule has 0 saturated carbocycles. The van der Waals surface area contributed by atoms with Crippen LogP contribution in [0, 0.1) is 6.92 Å². The third kappa shape index (κ3) is 3.79. The summed E-state index contributed by atoms with van der Waals surface area (Å²) in [6.45, 7) is 3.33. The van der Waals surface area contributed by atoms with E-state index in [9.17, 15) is 9.59 Å². The molecule has 2 aromatic carbocycles. The first-order valence-electron chi connectivity index (χ1n) is 8.56. The number of anilines is 1. The zero-order chi connectivity index (χ0) is 20.4. The van der Waals surface area contributed by atoms with Crippen molar-refractivity contribution in [1.29, 1.82) is 0 Å². The molecule has 0 saturated heterocycles. The van der Waals surface area contributed by atoms with Crippen LogP contribution in [0.2, 0.25) is 10.0 Å². The summed E-state index contributed by atoms with van der Waals surface area (Å²) in [5, 5.41) is 3.23. The molecule has 0 spiro atoms. The predicted molar refractivity (Wildman–Crippen MR) is 111 cm³/mol. The van der Waals surface area contributed by atoms with Gasteiger partial charge >= 0.3 is 0 Å². The summed E-state index contributed by atoms with van der Waals surface area (Å²) in [5.74, 6) is -0.176. The second-order valence-corrected chi connectivity index (χ2v) is 7.02. The summed E-state index contributed by atoms with van der Waals surface area (Å²) in [7, 11) is 1.76. The fraction of sp³-hybridized carbons (Fsp3) is 0.200. The minimum Gasteiger partial charge on any atom is -0.479 e. The molecule has 0 aliphatic carbocycles. The molecule has 6 nitrogen and oxygen atoms in total. The van der Waals surface area contributed by atoms with Gasteiger partial charge in [-0.05, 0) is 38.1 Å². The van der Waals surface area contributed by atoms with Gasteiger partial charge in [0.05, 0.1) is 16.4 Å². The van der Waals surface area contributed by atoms with Gasteiger partial charge in [-0.2, -0.15) is 0 Å². The number of hydrogen-bond acceptors (Lipinski definition) is 3. The van der Waals surface area contributed by atoms with Crippen molar-refractivity contribution in [1.82, 2.24) is 9.36 Å². The number of benzene rings is 2. The highest BCUT2D eigenvalue weighted by Crippen LogP contribution is 2.32. The molecule has 0 bridgehead atoms. The van der Waals surface area contributed by atoms with Crippen molar-refractivity contribution in [2.75, 3.05) is 5.32 Å². The molecule has 1 heterocycles. The van der Waals surface area contributed by atoms with Gasteiger partial charge in [-0.3, -0.25) is 14.3 Å². The lowest BCUT2D eigenvalue weighted by atomic mass is 10.3. The van der Waals surface area contributed by atoms with Crippen molar-refractivity contribution < 1.29 is 9.53 Å². The summed E-state index contributed by atoms with van der Waals surface area (Å²) in [6, 6.07) is 14.1. The Morgan fingerprint density at radius 2 is 1.79 bits per heavy atom. The van der Waals surface area contributed by atoms with E-state index in [0.29, 0.717) is 22.2 Å². The Balaban J connectivity index is 1.85. The SMILES string of the molecule is Cc1c(NC(=O)[C@@H](C)Oc2cccc(Cl)c2Cl)c(=O)n(-c2ccccc2)n1C. The molecule has 0 radical (unpaired) electrons. The molecule has 0 unspecified atom stereocenters. The molecule has 3 rings (SSSR count). The maximum Gasteiger partial charge on any atom is 0.295 e.